The number of likely N-dealkylation sites (tertiary alicyclic amines) is 1. The Labute approximate surface area is 229 Å². The van der Waals surface area contributed by atoms with Gasteiger partial charge in [-0.05, 0) is 69.1 Å². The van der Waals surface area contributed by atoms with Gasteiger partial charge in [-0.2, -0.15) is 0 Å². The van der Waals surface area contributed by atoms with E-state index in [0.717, 1.165) is 98.6 Å². The normalized spacial score (nSPS) is 17.6. The topological polar surface area (TPSA) is 85.0 Å². The molecular weight excluding hydrogens is 494 g/mol. The van der Waals surface area contributed by atoms with Crippen molar-refractivity contribution in [2.24, 2.45) is 5.92 Å². The van der Waals surface area contributed by atoms with Crippen molar-refractivity contribution in [2.45, 2.75) is 19.8 Å². The van der Waals surface area contributed by atoms with Crippen molar-refractivity contribution >= 4 is 21.8 Å². The van der Waals surface area contributed by atoms with Crippen LogP contribution in [0, 0.1) is 12.8 Å². The van der Waals surface area contributed by atoms with E-state index in [4.69, 9.17) is 18.9 Å². The van der Waals surface area contributed by atoms with Gasteiger partial charge in [0.25, 0.3) is 0 Å². The zero-order valence-corrected chi connectivity index (χ0v) is 22.8. The third-order valence-corrected chi connectivity index (χ3v) is 7.84. The lowest BCUT2D eigenvalue weighted by Gasteiger charge is -2.34. The Kier molecular flexibility index (Phi) is 7.81. The van der Waals surface area contributed by atoms with Crippen LogP contribution in [-0.4, -0.2) is 91.0 Å². The molecule has 206 valence electrons. The maximum atomic E-state index is 6.30. The second kappa shape index (κ2) is 11.8. The Balaban J connectivity index is 1.08. The summed E-state index contributed by atoms with van der Waals surface area (Å²) in [6.45, 7) is 11.1. The van der Waals surface area contributed by atoms with Gasteiger partial charge in [0.15, 0.2) is 11.5 Å². The fraction of sp³-hybridized carbons (Fsp3) is 0.467. The number of hydrogen-bond acceptors (Lipinski definition) is 8. The van der Waals surface area contributed by atoms with Crippen LogP contribution in [0.1, 0.15) is 18.5 Å². The van der Waals surface area contributed by atoms with Gasteiger partial charge in [0.1, 0.15) is 12.1 Å². The van der Waals surface area contributed by atoms with E-state index >= 15 is 0 Å². The Morgan fingerprint density at radius 3 is 2.54 bits per heavy atom. The maximum Gasteiger partial charge on any atom is 0.230 e. The van der Waals surface area contributed by atoms with Gasteiger partial charge in [-0.3, -0.25) is 4.90 Å². The molecule has 2 saturated heterocycles. The number of piperidine rings is 1. The molecule has 2 aromatic carbocycles. The molecule has 9 heteroatoms. The molecule has 39 heavy (non-hydrogen) atoms. The van der Waals surface area contributed by atoms with Gasteiger partial charge in [-0.25, -0.2) is 9.97 Å². The molecule has 0 aliphatic carbocycles. The highest BCUT2D eigenvalue weighted by molar-refractivity contribution is 5.87. The van der Waals surface area contributed by atoms with Gasteiger partial charge in [0.05, 0.1) is 37.8 Å². The van der Waals surface area contributed by atoms with Gasteiger partial charge in [0.2, 0.25) is 5.88 Å². The Bertz CT molecular complexity index is 1410. The minimum atomic E-state index is 0.487. The number of fused-ring (bicyclic) bond motifs is 2. The van der Waals surface area contributed by atoms with Crippen molar-refractivity contribution in [3.05, 3.63) is 48.4 Å². The SMILES string of the molecule is COc1cc2c(Oc3ccc4[nH]c(C)cc4c3)ncnc2cc1OCC1CCN(CCN2CCOCC2)CC1. The quantitative estimate of drug-likeness (QED) is 0.334. The molecule has 0 atom stereocenters. The van der Waals surface area contributed by atoms with Crippen molar-refractivity contribution in [3.63, 3.8) is 0 Å². The number of methoxy groups -OCH3 is 1. The van der Waals surface area contributed by atoms with Crippen LogP contribution in [-0.2, 0) is 4.74 Å². The van der Waals surface area contributed by atoms with E-state index in [1.807, 2.05) is 37.3 Å². The van der Waals surface area contributed by atoms with E-state index in [2.05, 4.69) is 30.8 Å². The Morgan fingerprint density at radius 2 is 1.74 bits per heavy atom. The van der Waals surface area contributed by atoms with E-state index in [0.29, 0.717) is 29.9 Å². The predicted molar refractivity (Wildman–Crippen MR) is 151 cm³/mol. The monoisotopic (exact) mass is 531 g/mol. The molecule has 2 fully saturated rings. The predicted octanol–water partition coefficient (Wildman–Crippen LogP) is 4.64. The summed E-state index contributed by atoms with van der Waals surface area (Å²) in [5, 5.41) is 1.88. The first-order chi connectivity index (χ1) is 19.1. The van der Waals surface area contributed by atoms with Crippen LogP contribution in [0.25, 0.3) is 21.8 Å². The molecule has 0 amide bonds. The molecule has 1 N–H and O–H groups in total. The molecule has 0 spiro atoms. The van der Waals surface area contributed by atoms with Crippen molar-refractivity contribution in [1.82, 2.24) is 24.8 Å². The fourth-order valence-corrected chi connectivity index (χ4v) is 5.52. The Hall–Kier alpha value is -3.40. The van der Waals surface area contributed by atoms with Crippen molar-refractivity contribution in [3.8, 4) is 23.1 Å². The highest BCUT2D eigenvalue weighted by atomic mass is 16.5. The average molecular weight is 532 g/mol. The van der Waals surface area contributed by atoms with E-state index < -0.39 is 0 Å². The van der Waals surface area contributed by atoms with Crippen molar-refractivity contribution < 1.29 is 18.9 Å². The molecule has 2 aliphatic heterocycles. The van der Waals surface area contributed by atoms with E-state index in [-0.39, 0.29) is 0 Å². The Morgan fingerprint density at radius 1 is 0.949 bits per heavy atom. The summed E-state index contributed by atoms with van der Waals surface area (Å²) in [5.74, 6) is 3.09. The molecule has 0 bridgehead atoms. The summed E-state index contributed by atoms with van der Waals surface area (Å²) in [4.78, 5) is 17.3. The van der Waals surface area contributed by atoms with Crippen LogP contribution in [0.2, 0.25) is 0 Å². The highest BCUT2D eigenvalue weighted by Gasteiger charge is 2.22. The number of morpholine rings is 1. The molecule has 0 unspecified atom stereocenters. The maximum absolute atomic E-state index is 6.30. The summed E-state index contributed by atoms with van der Waals surface area (Å²) >= 11 is 0. The second-order valence-electron chi connectivity index (χ2n) is 10.6. The first-order valence-corrected chi connectivity index (χ1v) is 13.9. The summed E-state index contributed by atoms with van der Waals surface area (Å²) in [7, 11) is 1.66. The number of nitrogens with zero attached hydrogens (tertiary/aromatic N) is 4. The van der Waals surface area contributed by atoms with E-state index in [1.165, 1.54) is 6.33 Å². The summed E-state index contributed by atoms with van der Waals surface area (Å²) < 4.78 is 23.7. The number of rotatable bonds is 9. The lowest BCUT2D eigenvalue weighted by atomic mass is 9.98. The van der Waals surface area contributed by atoms with Gasteiger partial charge >= 0.3 is 0 Å². The molecule has 9 nitrogen and oxygen atoms in total. The number of H-pyrrole nitrogens is 1. The van der Waals surface area contributed by atoms with Gasteiger partial charge in [-0.1, -0.05) is 0 Å². The third-order valence-electron chi connectivity index (χ3n) is 7.84. The summed E-state index contributed by atoms with van der Waals surface area (Å²) in [5.41, 5.74) is 2.95. The minimum Gasteiger partial charge on any atom is -0.493 e. The molecule has 0 radical (unpaired) electrons. The first kappa shape index (κ1) is 25.9. The smallest absolute Gasteiger partial charge is 0.230 e. The highest BCUT2D eigenvalue weighted by Crippen LogP contribution is 2.37. The number of benzene rings is 2. The van der Waals surface area contributed by atoms with E-state index in [9.17, 15) is 0 Å². The average Bonchev–Trinajstić information content (AvgIpc) is 3.35. The van der Waals surface area contributed by atoms with Gasteiger partial charge in [0, 0.05) is 48.8 Å². The number of aromatic amines is 1. The van der Waals surface area contributed by atoms with Gasteiger partial charge < -0.3 is 28.8 Å². The molecule has 0 saturated carbocycles. The van der Waals surface area contributed by atoms with Crippen LogP contribution in [0.15, 0.2) is 42.7 Å². The number of hydrogen-bond donors (Lipinski definition) is 1. The van der Waals surface area contributed by atoms with E-state index in [1.54, 1.807) is 7.11 Å². The lowest BCUT2D eigenvalue weighted by molar-refractivity contribution is 0.0307. The molecule has 2 aliphatic rings. The van der Waals surface area contributed by atoms with Crippen LogP contribution in [0.3, 0.4) is 0 Å². The van der Waals surface area contributed by atoms with Crippen LogP contribution >= 0.6 is 0 Å². The van der Waals surface area contributed by atoms with Crippen LogP contribution in [0.5, 0.6) is 23.1 Å². The minimum absolute atomic E-state index is 0.487. The summed E-state index contributed by atoms with van der Waals surface area (Å²) in [6.07, 6.45) is 3.81. The van der Waals surface area contributed by atoms with Gasteiger partial charge in [-0.15, -0.1) is 0 Å². The number of aromatic nitrogens is 3. The first-order valence-electron chi connectivity index (χ1n) is 13.9. The van der Waals surface area contributed by atoms with Crippen LogP contribution < -0.4 is 14.2 Å². The molecule has 4 aromatic rings. The van der Waals surface area contributed by atoms with Crippen LogP contribution in [0.4, 0.5) is 0 Å². The third kappa shape index (κ3) is 6.11. The second-order valence-corrected chi connectivity index (χ2v) is 10.6. The standard InChI is InChI=1S/C30H37N5O4/c1-21-15-23-16-24(3-4-26(23)33-21)39-30-25-17-28(36-2)29(18-27(25)31-20-32-30)38-19-22-5-7-34(8-6-22)9-10-35-11-13-37-14-12-35/h3-4,15-18,20,22,33H,5-14,19H2,1-2H3. The molecule has 2 aromatic heterocycles. The molecular formula is C30H37N5O4. The molecule has 4 heterocycles. The number of ether oxygens (including phenoxy) is 4. The van der Waals surface area contributed by atoms with Crippen molar-refractivity contribution in [2.75, 3.05) is 66.2 Å². The lowest BCUT2D eigenvalue weighted by Crippen LogP contribution is -2.43. The van der Waals surface area contributed by atoms with Crippen molar-refractivity contribution in [1.29, 1.82) is 0 Å². The number of aryl methyl sites for hydroxylation is 1. The largest absolute Gasteiger partial charge is 0.493 e. The fourth-order valence-electron chi connectivity index (χ4n) is 5.52. The molecule has 6 rings (SSSR count). The zero-order chi connectivity index (χ0) is 26.6. The summed E-state index contributed by atoms with van der Waals surface area (Å²) in [6, 6.07) is 11.9. The zero-order valence-electron chi connectivity index (χ0n) is 22.8. The number of nitrogens with one attached hydrogen (secondary N) is 1.